The van der Waals surface area contributed by atoms with Gasteiger partial charge in [-0.2, -0.15) is 0 Å². The Morgan fingerprint density at radius 3 is 2.40 bits per heavy atom. The van der Waals surface area contributed by atoms with Gasteiger partial charge >= 0.3 is 5.97 Å². The van der Waals surface area contributed by atoms with Crippen molar-refractivity contribution in [3.8, 4) is 0 Å². The zero-order valence-corrected chi connectivity index (χ0v) is 16.6. The quantitative estimate of drug-likeness (QED) is 0.463. The van der Waals surface area contributed by atoms with Crippen LogP contribution in [0.5, 0.6) is 0 Å². The fraction of sp³-hybridized carbons (Fsp3) is 0.364. The van der Waals surface area contributed by atoms with E-state index in [-0.39, 0.29) is 41.8 Å². The maximum Gasteiger partial charge on any atom is 0.338 e. The van der Waals surface area contributed by atoms with Crippen molar-refractivity contribution in [1.29, 1.82) is 0 Å². The van der Waals surface area contributed by atoms with E-state index in [2.05, 4.69) is 10.2 Å². The van der Waals surface area contributed by atoms with Crippen LogP contribution >= 0.6 is 0 Å². The fourth-order valence-electron chi connectivity index (χ4n) is 4.45. The number of nitro benzene ring substituents is 1. The SMILES string of the molecule is CN1C2CC(NC(=O)c3ccc([N+](=O)[O-])cc3)CC1C(OC(=O)c1ccccc1)C2. The summed E-state index contributed by atoms with van der Waals surface area (Å²) in [7, 11) is 2.03. The van der Waals surface area contributed by atoms with Gasteiger partial charge in [-0.05, 0) is 44.2 Å². The lowest BCUT2D eigenvalue weighted by Crippen LogP contribution is -2.50. The van der Waals surface area contributed by atoms with Crippen LogP contribution < -0.4 is 5.32 Å². The summed E-state index contributed by atoms with van der Waals surface area (Å²) in [4.78, 5) is 37.5. The first-order valence-corrected chi connectivity index (χ1v) is 9.95. The van der Waals surface area contributed by atoms with E-state index < -0.39 is 4.92 Å². The summed E-state index contributed by atoms with van der Waals surface area (Å²) >= 11 is 0. The molecule has 2 aliphatic heterocycles. The Hall–Kier alpha value is -3.26. The number of piperidine rings is 1. The summed E-state index contributed by atoms with van der Waals surface area (Å²) in [5, 5.41) is 13.8. The normalized spacial score (nSPS) is 25.5. The molecule has 8 nitrogen and oxygen atoms in total. The first kappa shape index (κ1) is 20.0. The molecule has 2 fully saturated rings. The number of hydrogen-bond donors (Lipinski definition) is 1. The van der Waals surface area contributed by atoms with Crippen LogP contribution in [0.2, 0.25) is 0 Å². The van der Waals surface area contributed by atoms with Gasteiger partial charge < -0.3 is 10.1 Å². The minimum atomic E-state index is -0.493. The topological polar surface area (TPSA) is 102 Å². The van der Waals surface area contributed by atoms with E-state index in [1.54, 1.807) is 24.3 Å². The third-order valence-corrected chi connectivity index (χ3v) is 6.06. The number of likely N-dealkylation sites (N-methyl/N-ethyl adjacent to an activating group) is 1. The van der Waals surface area contributed by atoms with Gasteiger partial charge in [-0.25, -0.2) is 4.79 Å². The third-order valence-electron chi connectivity index (χ3n) is 6.06. The lowest BCUT2D eigenvalue weighted by molar-refractivity contribution is -0.384. The molecule has 2 bridgehead atoms. The summed E-state index contributed by atoms with van der Waals surface area (Å²) in [6.07, 6.45) is 1.97. The number of rotatable bonds is 5. The van der Waals surface area contributed by atoms with Gasteiger partial charge in [-0.3, -0.25) is 19.8 Å². The first-order chi connectivity index (χ1) is 14.4. The molecule has 0 spiro atoms. The molecule has 8 heteroatoms. The van der Waals surface area contributed by atoms with Crippen LogP contribution in [-0.4, -0.2) is 53.0 Å². The average Bonchev–Trinajstić information content (AvgIpc) is 2.92. The van der Waals surface area contributed by atoms with Crippen molar-refractivity contribution in [1.82, 2.24) is 10.2 Å². The van der Waals surface area contributed by atoms with Crippen LogP contribution in [-0.2, 0) is 4.74 Å². The molecule has 30 heavy (non-hydrogen) atoms. The summed E-state index contributed by atoms with van der Waals surface area (Å²) in [6.45, 7) is 0. The molecule has 0 radical (unpaired) electrons. The monoisotopic (exact) mass is 409 g/mol. The molecule has 0 saturated carbocycles. The average molecular weight is 409 g/mol. The number of amides is 1. The van der Waals surface area contributed by atoms with Crippen LogP contribution in [0.4, 0.5) is 5.69 Å². The summed E-state index contributed by atoms with van der Waals surface area (Å²) in [5.74, 6) is -0.579. The molecule has 156 valence electrons. The Morgan fingerprint density at radius 2 is 1.73 bits per heavy atom. The highest BCUT2D eigenvalue weighted by Gasteiger charge is 2.47. The van der Waals surface area contributed by atoms with Crippen LogP contribution in [0.25, 0.3) is 0 Å². The number of benzene rings is 2. The van der Waals surface area contributed by atoms with Crippen LogP contribution in [0.15, 0.2) is 54.6 Å². The van der Waals surface area contributed by atoms with E-state index in [0.717, 1.165) is 12.8 Å². The molecule has 2 aromatic carbocycles. The maximum absolute atomic E-state index is 12.6. The van der Waals surface area contributed by atoms with Crippen LogP contribution in [0.3, 0.4) is 0 Å². The smallest absolute Gasteiger partial charge is 0.338 e. The van der Waals surface area contributed by atoms with Gasteiger partial charge in [-0.1, -0.05) is 18.2 Å². The van der Waals surface area contributed by atoms with Gasteiger partial charge in [0.1, 0.15) is 6.10 Å². The first-order valence-electron chi connectivity index (χ1n) is 9.95. The molecular formula is C22H23N3O5. The van der Waals surface area contributed by atoms with Crippen molar-refractivity contribution in [3.05, 3.63) is 75.8 Å². The molecule has 0 aliphatic carbocycles. The molecule has 4 atom stereocenters. The molecule has 2 saturated heterocycles. The van der Waals surface area contributed by atoms with Crippen molar-refractivity contribution in [2.24, 2.45) is 0 Å². The van der Waals surface area contributed by atoms with Crippen molar-refractivity contribution >= 4 is 17.6 Å². The minimum Gasteiger partial charge on any atom is -0.457 e. The number of esters is 1. The molecule has 2 aliphatic rings. The van der Waals surface area contributed by atoms with Crippen LogP contribution in [0.1, 0.15) is 40.0 Å². The summed E-state index contributed by atoms with van der Waals surface area (Å²) in [6, 6.07) is 14.7. The third kappa shape index (κ3) is 4.04. The molecule has 4 unspecified atom stereocenters. The lowest BCUT2D eigenvalue weighted by atomic mass is 9.97. The van der Waals surface area contributed by atoms with Crippen molar-refractivity contribution in [2.45, 2.75) is 43.5 Å². The predicted octanol–water partition coefficient (Wildman–Crippen LogP) is 2.79. The Bertz CT molecular complexity index is 947. The number of fused-ring (bicyclic) bond motifs is 2. The van der Waals surface area contributed by atoms with E-state index in [1.165, 1.54) is 24.3 Å². The zero-order valence-electron chi connectivity index (χ0n) is 16.6. The summed E-state index contributed by atoms with van der Waals surface area (Å²) < 4.78 is 5.80. The summed E-state index contributed by atoms with van der Waals surface area (Å²) in [5.41, 5.74) is 0.871. The molecule has 1 amide bonds. The second kappa shape index (κ2) is 8.23. The molecular weight excluding hydrogens is 386 g/mol. The maximum atomic E-state index is 12.6. The van der Waals surface area contributed by atoms with Crippen LogP contribution in [0, 0.1) is 10.1 Å². The second-order valence-corrected chi connectivity index (χ2v) is 7.88. The predicted molar refractivity (Wildman–Crippen MR) is 109 cm³/mol. The van der Waals surface area contributed by atoms with Crippen molar-refractivity contribution in [3.63, 3.8) is 0 Å². The number of carbonyl (C=O) groups excluding carboxylic acids is 2. The van der Waals surface area contributed by atoms with Gasteiger partial charge in [0.25, 0.3) is 11.6 Å². The van der Waals surface area contributed by atoms with Gasteiger partial charge in [0.2, 0.25) is 0 Å². The Balaban J connectivity index is 1.38. The van der Waals surface area contributed by atoms with E-state index in [9.17, 15) is 19.7 Å². The molecule has 2 heterocycles. The Labute approximate surface area is 174 Å². The molecule has 4 rings (SSSR count). The van der Waals surface area contributed by atoms with E-state index >= 15 is 0 Å². The standard InChI is InChI=1S/C22H23N3O5/c1-24-18-11-16(23-21(26)14-7-9-17(10-8-14)25(28)29)12-19(24)20(13-18)30-22(27)15-5-3-2-4-6-15/h2-10,16,18-20H,11-13H2,1H3,(H,23,26). The van der Waals surface area contributed by atoms with Gasteiger partial charge in [-0.15, -0.1) is 0 Å². The second-order valence-electron chi connectivity index (χ2n) is 7.88. The number of nitrogens with zero attached hydrogens (tertiary/aromatic N) is 2. The van der Waals surface area contributed by atoms with Gasteiger partial charge in [0.05, 0.1) is 10.5 Å². The number of nitrogens with one attached hydrogen (secondary N) is 1. The highest BCUT2D eigenvalue weighted by molar-refractivity contribution is 5.94. The van der Waals surface area contributed by atoms with Crippen molar-refractivity contribution in [2.75, 3.05) is 7.05 Å². The van der Waals surface area contributed by atoms with Crippen molar-refractivity contribution < 1.29 is 19.2 Å². The lowest BCUT2D eigenvalue weighted by Gasteiger charge is -2.37. The van der Waals surface area contributed by atoms with E-state index in [0.29, 0.717) is 17.5 Å². The number of ether oxygens (including phenoxy) is 1. The van der Waals surface area contributed by atoms with E-state index in [1.807, 2.05) is 13.1 Å². The highest BCUT2D eigenvalue weighted by Crippen LogP contribution is 2.36. The highest BCUT2D eigenvalue weighted by atomic mass is 16.6. The largest absolute Gasteiger partial charge is 0.457 e. The van der Waals surface area contributed by atoms with E-state index in [4.69, 9.17) is 4.74 Å². The number of non-ortho nitro benzene ring substituents is 1. The van der Waals surface area contributed by atoms with Gasteiger partial charge in [0.15, 0.2) is 0 Å². The molecule has 0 aromatic heterocycles. The minimum absolute atomic E-state index is 0.0403. The molecule has 1 N–H and O–H groups in total. The number of hydrogen-bond acceptors (Lipinski definition) is 6. The number of nitro groups is 1. The zero-order chi connectivity index (χ0) is 21.3. The number of carbonyl (C=O) groups is 2. The molecule has 2 aromatic rings. The Morgan fingerprint density at radius 1 is 1.03 bits per heavy atom. The fourth-order valence-corrected chi connectivity index (χ4v) is 4.45. The Kier molecular flexibility index (Phi) is 5.50. The van der Waals surface area contributed by atoms with Gasteiger partial charge in [0, 0.05) is 42.2 Å².